The van der Waals surface area contributed by atoms with E-state index in [0.29, 0.717) is 0 Å². The Morgan fingerprint density at radius 1 is 1.19 bits per heavy atom. The summed E-state index contributed by atoms with van der Waals surface area (Å²) in [6.07, 6.45) is 0. The number of methoxy groups -OCH3 is 2. The minimum atomic E-state index is -4.48. The lowest BCUT2D eigenvalue weighted by molar-refractivity contribution is 0.101. The standard InChI is InChI=1S/C13H15ClN6O6S/c1-6(21)9-10(14)18-20(2)11(9)27(23,24)19-13(22)17-12-15-7(25-3)5-8(16-12)26-4/h5H,1-4H3,(H2,15,16,17,19,22). The van der Waals surface area contributed by atoms with Crippen molar-refractivity contribution in [3.05, 3.63) is 16.8 Å². The maximum Gasteiger partial charge on any atom is 0.335 e. The number of ether oxygens (including phenoxy) is 2. The van der Waals surface area contributed by atoms with Gasteiger partial charge in [-0.3, -0.25) is 14.8 Å². The van der Waals surface area contributed by atoms with E-state index in [4.69, 9.17) is 21.1 Å². The van der Waals surface area contributed by atoms with Crippen LogP contribution in [0.5, 0.6) is 11.8 Å². The predicted octanol–water partition coefficient (Wildman–Crippen LogP) is 0.594. The fourth-order valence-electron chi connectivity index (χ4n) is 2.05. The van der Waals surface area contributed by atoms with Crippen LogP contribution < -0.4 is 19.5 Å². The lowest BCUT2D eigenvalue weighted by atomic mass is 10.3. The summed E-state index contributed by atoms with van der Waals surface area (Å²) in [7, 11) is -0.539. The summed E-state index contributed by atoms with van der Waals surface area (Å²) in [6, 6.07) is 0.175. The van der Waals surface area contributed by atoms with Crippen LogP contribution >= 0.6 is 11.6 Å². The first-order valence-electron chi connectivity index (χ1n) is 7.13. The average Bonchev–Trinajstić information content (AvgIpc) is 2.88. The third-order valence-electron chi connectivity index (χ3n) is 3.11. The minimum Gasteiger partial charge on any atom is -0.481 e. The van der Waals surface area contributed by atoms with Crippen LogP contribution in [0.1, 0.15) is 17.3 Å². The van der Waals surface area contributed by atoms with Gasteiger partial charge in [0.05, 0.1) is 25.8 Å². The molecule has 2 aromatic heterocycles. The van der Waals surface area contributed by atoms with Gasteiger partial charge in [0.15, 0.2) is 16.0 Å². The molecule has 2 N–H and O–H groups in total. The van der Waals surface area contributed by atoms with Gasteiger partial charge in [0.1, 0.15) is 0 Å². The first-order valence-corrected chi connectivity index (χ1v) is 8.99. The molecule has 0 fully saturated rings. The van der Waals surface area contributed by atoms with E-state index in [2.05, 4.69) is 20.4 Å². The average molecular weight is 419 g/mol. The van der Waals surface area contributed by atoms with Gasteiger partial charge in [-0.1, -0.05) is 11.6 Å². The first kappa shape index (κ1) is 20.4. The molecule has 0 spiro atoms. The number of nitrogens with one attached hydrogen (secondary N) is 2. The Hall–Kier alpha value is -2.93. The van der Waals surface area contributed by atoms with Crippen LogP contribution in [0.3, 0.4) is 0 Å². The molecule has 27 heavy (non-hydrogen) atoms. The number of aryl methyl sites for hydroxylation is 1. The summed E-state index contributed by atoms with van der Waals surface area (Å²) in [5.41, 5.74) is -0.334. The molecule has 2 heterocycles. The number of ketones is 1. The Kier molecular flexibility index (Phi) is 5.85. The number of hydrogen-bond donors (Lipinski definition) is 2. The Morgan fingerprint density at radius 2 is 1.74 bits per heavy atom. The van der Waals surface area contributed by atoms with Gasteiger partial charge in [-0.25, -0.2) is 9.52 Å². The van der Waals surface area contributed by atoms with Crippen molar-refractivity contribution in [1.29, 1.82) is 0 Å². The molecule has 0 saturated carbocycles. The van der Waals surface area contributed by atoms with E-state index < -0.39 is 26.9 Å². The Morgan fingerprint density at radius 3 is 2.22 bits per heavy atom. The summed E-state index contributed by atoms with van der Waals surface area (Å²) in [5.74, 6) is -0.738. The van der Waals surface area contributed by atoms with Gasteiger partial charge in [-0.2, -0.15) is 23.5 Å². The molecule has 0 atom stereocenters. The zero-order chi connectivity index (χ0) is 20.4. The topological polar surface area (TPSA) is 154 Å². The second kappa shape index (κ2) is 7.75. The van der Waals surface area contributed by atoms with Gasteiger partial charge in [0.25, 0.3) is 10.0 Å². The smallest absolute Gasteiger partial charge is 0.335 e. The third kappa shape index (κ3) is 4.43. The monoisotopic (exact) mass is 418 g/mol. The number of urea groups is 1. The van der Waals surface area contributed by atoms with E-state index in [0.717, 1.165) is 11.6 Å². The van der Waals surface area contributed by atoms with Crippen LogP contribution in [0, 0.1) is 0 Å². The van der Waals surface area contributed by atoms with Crippen molar-refractivity contribution >= 4 is 39.4 Å². The van der Waals surface area contributed by atoms with Crippen molar-refractivity contribution in [2.75, 3.05) is 19.5 Å². The van der Waals surface area contributed by atoms with E-state index >= 15 is 0 Å². The highest BCUT2D eigenvalue weighted by Crippen LogP contribution is 2.23. The van der Waals surface area contributed by atoms with Gasteiger partial charge in [-0.15, -0.1) is 0 Å². The first-order chi connectivity index (χ1) is 12.6. The van der Waals surface area contributed by atoms with Crippen LogP contribution in [-0.4, -0.2) is 54.2 Å². The summed E-state index contributed by atoms with van der Waals surface area (Å²) in [6.45, 7) is 1.12. The predicted molar refractivity (Wildman–Crippen MR) is 92.7 cm³/mol. The van der Waals surface area contributed by atoms with Crippen molar-refractivity contribution in [3.63, 3.8) is 0 Å². The maximum atomic E-state index is 12.5. The highest BCUT2D eigenvalue weighted by atomic mass is 35.5. The van der Waals surface area contributed by atoms with Gasteiger partial charge in [0, 0.05) is 7.05 Å². The van der Waals surface area contributed by atoms with Crippen molar-refractivity contribution in [3.8, 4) is 11.8 Å². The molecule has 0 bridgehead atoms. The summed E-state index contributed by atoms with van der Waals surface area (Å²) < 4.78 is 37.5. The largest absolute Gasteiger partial charge is 0.481 e. The second-order valence-corrected chi connectivity index (χ2v) is 6.94. The van der Waals surface area contributed by atoms with E-state index in [-0.39, 0.29) is 28.4 Å². The molecule has 2 aromatic rings. The molecule has 0 aliphatic carbocycles. The number of amides is 2. The molecule has 0 aliphatic heterocycles. The molecule has 0 aliphatic rings. The Labute approximate surface area is 158 Å². The lowest BCUT2D eigenvalue weighted by Crippen LogP contribution is -2.36. The van der Waals surface area contributed by atoms with Gasteiger partial charge >= 0.3 is 6.03 Å². The number of anilines is 1. The van der Waals surface area contributed by atoms with Crippen molar-refractivity contribution in [1.82, 2.24) is 24.5 Å². The quantitative estimate of drug-likeness (QED) is 0.641. The van der Waals surface area contributed by atoms with Gasteiger partial charge in [0.2, 0.25) is 17.7 Å². The Balaban J connectivity index is 2.30. The van der Waals surface area contributed by atoms with E-state index in [1.807, 2.05) is 0 Å². The molecule has 12 nitrogen and oxygen atoms in total. The fraction of sp³-hybridized carbons (Fsp3) is 0.308. The molecular weight excluding hydrogens is 404 g/mol. The summed E-state index contributed by atoms with van der Waals surface area (Å²) >= 11 is 5.79. The van der Waals surface area contributed by atoms with Crippen LogP contribution in [0.25, 0.3) is 0 Å². The van der Waals surface area contributed by atoms with Crippen LogP contribution in [-0.2, 0) is 17.1 Å². The number of rotatable bonds is 6. The van der Waals surface area contributed by atoms with Crippen LogP contribution in [0.4, 0.5) is 10.7 Å². The number of aromatic nitrogens is 4. The number of sulfonamides is 1. The maximum absolute atomic E-state index is 12.5. The molecule has 2 amide bonds. The van der Waals surface area contributed by atoms with E-state index in [9.17, 15) is 18.0 Å². The van der Waals surface area contributed by atoms with Crippen LogP contribution in [0.2, 0.25) is 5.15 Å². The van der Waals surface area contributed by atoms with E-state index in [1.54, 1.807) is 4.72 Å². The Bertz CT molecular complexity index is 983. The molecule has 2 rings (SSSR count). The number of hydrogen-bond acceptors (Lipinski definition) is 9. The second-order valence-electron chi connectivity index (χ2n) is 4.99. The molecule has 0 aromatic carbocycles. The zero-order valence-electron chi connectivity index (χ0n) is 14.6. The number of carbonyl (C=O) groups excluding carboxylic acids is 2. The minimum absolute atomic E-state index is 0.0808. The fourth-order valence-corrected chi connectivity index (χ4v) is 3.73. The summed E-state index contributed by atoms with van der Waals surface area (Å²) in [4.78, 5) is 31.5. The number of halogens is 1. The SMILES string of the molecule is COc1cc(OC)nc(NC(=O)NS(=O)(=O)c2c(C(C)=O)c(Cl)nn2C)n1. The van der Waals surface area contributed by atoms with Gasteiger partial charge < -0.3 is 9.47 Å². The van der Waals surface area contributed by atoms with Crippen molar-refractivity contribution in [2.24, 2.45) is 7.05 Å². The lowest BCUT2D eigenvalue weighted by Gasteiger charge is -2.10. The molecule has 0 radical (unpaired) electrons. The highest BCUT2D eigenvalue weighted by molar-refractivity contribution is 7.90. The number of Topliss-reactive ketones (excluding diaryl/α,β-unsaturated/α-hetero) is 1. The van der Waals surface area contributed by atoms with Crippen LogP contribution in [0.15, 0.2) is 11.1 Å². The normalized spacial score (nSPS) is 11.0. The number of nitrogens with zero attached hydrogens (tertiary/aromatic N) is 4. The van der Waals surface area contributed by atoms with Crippen molar-refractivity contribution < 1.29 is 27.5 Å². The molecule has 0 saturated heterocycles. The highest BCUT2D eigenvalue weighted by Gasteiger charge is 2.30. The molecule has 0 unspecified atom stereocenters. The van der Waals surface area contributed by atoms with E-state index in [1.165, 1.54) is 27.3 Å². The van der Waals surface area contributed by atoms with Gasteiger partial charge in [-0.05, 0) is 6.92 Å². The molecular formula is C13H15ClN6O6S. The number of carbonyl (C=O) groups is 2. The summed E-state index contributed by atoms with van der Waals surface area (Å²) in [5, 5.41) is 4.97. The zero-order valence-corrected chi connectivity index (χ0v) is 16.2. The van der Waals surface area contributed by atoms with Crippen molar-refractivity contribution in [2.45, 2.75) is 11.9 Å². The third-order valence-corrected chi connectivity index (χ3v) is 4.80. The molecule has 14 heteroatoms. The molecule has 146 valence electrons.